The highest BCUT2D eigenvalue weighted by molar-refractivity contribution is 9.29. The maximum Gasteiger partial charge on any atom is 0.311 e. The van der Waals surface area contributed by atoms with Crippen molar-refractivity contribution in [1.29, 1.82) is 0 Å². The van der Waals surface area contributed by atoms with Gasteiger partial charge in [-0.3, -0.25) is 0 Å². The highest BCUT2D eigenvalue weighted by Gasteiger charge is 2.58. The first-order valence-electron chi connectivity index (χ1n) is 2.74. The van der Waals surface area contributed by atoms with Crippen LogP contribution in [0, 0.1) is 0 Å². The topological polar surface area (TPSA) is 111 Å². The molecule has 0 atom stereocenters. The normalized spacial score (nSPS) is 14.8. The lowest BCUT2D eigenvalue weighted by Crippen LogP contribution is -2.47. The molecule has 0 heterocycles. The van der Waals surface area contributed by atoms with E-state index in [1.165, 1.54) is 0 Å². The van der Waals surface area contributed by atoms with Gasteiger partial charge in [-0.2, -0.15) is 0 Å². The van der Waals surface area contributed by atoms with Crippen molar-refractivity contribution in [2.75, 3.05) is 14.2 Å². The first-order chi connectivity index (χ1) is 5.62. The molecule has 0 saturated carbocycles. The molecule has 6 nitrogen and oxygen atoms in total. The van der Waals surface area contributed by atoms with Gasteiger partial charge in [0.2, 0.25) is 0 Å². The maximum absolute atomic E-state index is 11.5. The van der Waals surface area contributed by atoms with E-state index in [9.17, 15) is 19.6 Å². The van der Waals surface area contributed by atoms with Crippen LogP contribution < -0.4 is 19.6 Å². The quantitative estimate of drug-likeness (QED) is 0.453. The van der Waals surface area contributed by atoms with Gasteiger partial charge in [0.1, 0.15) is 0 Å². The van der Waals surface area contributed by atoms with Gasteiger partial charge in [-0.05, 0) is 0 Å². The molecule has 0 N–H and O–H groups in total. The third-order valence-corrected chi connectivity index (χ3v) is 10.1. The largest absolute Gasteiger partial charge is 0.683 e. The van der Waals surface area contributed by atoms with Gasteiger partial charge in [0.15, 0.2) is 0 Å². The zero-order valence-corrected chi connectivity index (χ0v) is 11.6. The van der Waals surface area contributed by atoms with Crippen LogP contribution in [0.1, 0.15) is 0 Å². The minimum atomic E-state index is -5.20. The molecular formula is C3H6Br2O6P2-2. The van der Waals surface area contributed by atoms with Crippen molar-refractivity contribution in [3.8, 4) is 0 Å². The van der Waals surface area contributed by atoms with Crippen LogP contribution in [0.4, 0.5) is 0 Å². The van der Waals surface area contributed by atoms with Gasteiger partial charge in [0, 0.05) is 31.9 Å². The zero-order chi connectivity index (χ0) is 10.9. The van der Waals surface area contributed by atoms with Crippen molar-refractivity contribution in [2.45, 2.75) is 2.72 Å². The summed E-state index contributed by atoms with van der Waals surface area (Å²) in [6.45, 7) is 0. The predicted octanol–water partition coefficient (Wildman–Crippen LogP) is -1.35. The molecule has 0 aromatic heterocycles. The van der Waals surface area contributed by atoms with Gasteiger partial charge in [0.25, 0.3) is 0 Å². The van der Waals surface area contributed by atoms with Crippen molar-refractivity contribution in [2.24, 2.45) is 0 Å². The van der Waals surface area contributed by atoms with E-state index in [1.807, 2.05) is 0 Å². The fourth-order valence-corrected chi connectivity index (χ4v) is 4.46. The monoisotopic (exact) mass is 358 g/mol. The van der Waals surface area contributed by atoms with E-state index in [2.05, 4.69) is 40.9 Å². The first-order valence-corrected chi connectivity index (χ1v) is 7.41. The van der Waals surface area contributed by atoms with E-state index in [0.717, 1.165) is 14.2 Å². The molecule has 0 saturated heterocycles. The van der Waals surface area contributed by atoms with Crippen LogP contribution in [0.15, 0.2) is 0 Å². The number of rotatable bonds is 4. The summed E-state index contributed by atoms with van der Waals surface area (Å²) in [4.78, 5) is 43.5. The predicted molar refractivity (Wildman–Crippen MR) is 48.4 cm³/mol. The van der Waals surface area contributed by atoms with E-state index in [-0.39, 0.29) is 0 Å². The smallest absolute Gasteiger partial charge is 0.311 e. The molecule has 0 aliphatic carbocycles. The average Bonchev–Trinajstić information content (AvgIpc) is 2.00. The lowest BCUT2D eigenvalue weighted by Gasteiger charge is -2.52. The van der Waals surface area contributed by atoms with E-state index in [1.54, 1.807) is 0 Å². The Bertz CT molecular complexity index is 177. The molecule has 0 aromatic carbocycles. The Morgan fingerprint density at radius 3 is 1.38 bits per heavy atom. The Kier molecular flexibility index (Phi) is 5.18. The van der Waals surface area contributed by atoms with Crippen LogP contribution >= 0.6 is 47.7 Å². The summed E-state index contributed by atoms with van der Waals surface area (Å²) >= 11 is 4.92. The molecule has 0 rings (SSSR count). The Labute approximate surface area is 93.3 Å². The van der Waals surface area contributed by atoms with Crippen LogP contribution in [0.3, 0.4) is 0 Å². The summed E-state index contributed by atoms with van der Waals surface area (Å²) in [7, 11) is -7.32. The summed E-state index contributed by atoms with van der Waals surface area (Å²) in [6.07, 6.45) is 0. The van der Waals surface area contributed by atoms with Gasteiger partial charge >= 0.3 is 10.7 Å². The molecule has 0 aliphatic rings. The van der Waals surface area contributed by atoms with Gasteiger partial charge < -0.3 is 19.6 Å². The molecule has 10 heteroatoms. The number of hydrogen-bond donors (Lipinski definition) is 0. The first kappa shape index (κ1) is 14.6. The second-order valence-electron chi connectivity index (χ2n) is 1.87. The fourth-order valence-electron chi connectivity index (χ4n) is 0.444. The second-order valence-corrected chi connectivity index (χ2v) is 12.2. The molecule has 0 fully saturated rings. The van der Waals surface area contributed by atoms with Crippen LogP contribution in [0.5, 0.6) is 0 Å². The third kappa shape index (κ3) is 2.78. The second kappa shape index (κ2) is 4.61. The highest BCUT2D eigenvalue weighted by atomic mass is 79.9. The maximum atomic E-state index is 11.5. The molecule has 0 aliphatic heterocycles. The molecule has 0 unspecified atom stereocenters. The van der Waals surface area contributed by atoms with Gasteiger partial charge in [-0.25, -0.2) is 9.05 Å². The summed E-state index contributed by atoms with van der Waals surface area (Å²) in [5.74, 6) is 0. The molecule has 13 heavy (non-hydrogen) atoms. The Balaban J connectivity index is 5.00. The zero-order valence-electron chi connectivity index (χ0n) is 6.60. The van der Waals surface area contributed by atoms with Gasteiger partial charge in [0.05, 0.1) is 14.2 Å². The summed E-state index contributed by atoms with van der Waals surface area (Å²) in [5, 5.41) is 0. The molecule has 0 amide bonds. The number of hydrogen-bond acceptors (Lipinski definition) is 6. The van der Waals surface area contributed by atoms with Crippen LogP contribution in [0.25, 0.3) is 0 Å². The Hall–Kier alpha value is 1.58. The minimum absolute atomic E-state index is 0.969. The SMILES string of the molecule is CO[P+]([O-])(OC)C(Br)(Br)[P+]([O-])([O-])[O-]. The van der Waals surface area contributed by atoms with E-state index in [4.69, 9.17) is 0 Å². The Morgan fingerprint density at radius 1 is 1.00 bits per heavy atom. The van der Waals surface area contributed by atoms with Gasteiger partial charge in [-0.15, -0.1) is 0 Å². The third-order valence-electron chi connectivity index (χ3n) is 1.14. The summed E-state index contributed by atoms with van der Waals surface area (Å²) in [6, 6.07) is 0. The van der Waals surface area contributed by atoms with Crippen molar-refractivity contribution in [3.63, 3.8) is 0 Å². The van der Waals surface area contributed by atoms with Crippen molar-refractivity contribution < 1.29 is 28.6 Å². The fraction of sp³-hybridized carbons (Fsp3) is 1.00. The highest BCUT2D eigenvalue weighted by Crippen LogP contribution is 2.80. The lowest BCUT2D eigenvalue weighted by atomic mass is 11.8. The number of alkyl halides is 2. The van der Waals surface area contributed by atoms with Crippen molar-refractivity contribution in [1.82, 2.24) is 0 Å². The molecular weight excluding hydrogens is 354 g/mol. The molecule has 0 spiro atoms. The van der Waals surface area contributed by atoms with Crippen LogP contribution in [0.2, 0.25) is 0 Å². The van der Waals surface area contributed by atoms with Crippen LogP contribution in [-0.2, 0) is 9.05 Å². The molecule has 0 bridgehead atoms. The van der Waals surface area contributed by atoms with Gasteiger partial charge in [-0.1, -0.05) is 7.94 Å². The summed E-state index contributed by atoms with van der Waals surface area (Å²) in [5.41, 5.74) is 0. The Morgan fingerprint density at radius 2 is 1.31 bits per heavy atom. The number of halogens is 2. The molecule has 0 radical (unpaired) electrons. The van der Waals surface area contributed by atoms with Crippen molar-refractivity contribution in [3.05, 3.63) is 0 Å². The molecule has 80 valence electrons. The van der Waals surface area contributed by atoms with E-state index < -0.39 is 18.6 Å². The average molecular weight is 360 g/mol. The van der Waals surface area contributed by atoms with E-state index in [0.29, 0.717) is 0 Å². The lowest BCUT2D eigenvalue weighted by molar-refractivity contribution is -0.428. The standard InChI is InChI=1S/C3H8Br2O6P2/c1-10-13(9,11-2)3(4,5)12(6,7)8/h1-2H3,(H2,6,7,8)/p-2. The summed E-state index contributed by atoms with van der Waals surface area (Å²) < 4.78 is 6.26. The van der Waals surface area contributed by atoms with Crippen molar-refractivity contribution >= 4 is 47.7 Å². The minimum Gasteiger partial charge on any atom is -0.683 e. The van der Waals surface area contributed by atoms with Crippen LogP contribution in [-0.4, -0.2) is 16.9 Å². The van der Waals surface area contributed by atoms with E-state index >= 15 is 0 Å². The molecule has 0 aromatic rings.